The van der Waals surface area contributed by atoms with E-state index in [1.165, 1.54) is 0 Å². The van der Waals surface area contributed by atoms with Crippen LogP contribution in [0.25, 0.3) is 0 Å². The van der Waals surface area contributed by atoms with E-state index in [0.717, 1.165) is 0 Å². The molecule has 0 bridgehead atoms. The summed E-state index contributed by atoms with van der Waals surface area (Å²) in [6.07, 6.45) is 0. The van der Waals surface area contributed by atoms with Gasteiger partial charge in [0, 0.05) is 38.3 Å². The first kappa shape index (κ1) is 37.0. The summed E-state index contributed by atoms with van der Waals surface area (Å²) >= 11 is 0. The molecule has 230 valence electrons. The first-order valence-corrected chi connectivity index (χ1v) is 13.3. The number of hydrogen-bond acceptors (Lipinski definition) is 12. The highest BCUT2D eigenvalue weighted by molar-refractivity contribution is 5.78. The number of carboxylic acids is 1. The molecule has 2 amide bonds. The summed E-state index contributed by atoms with van der Waals surface area (Å²) in [6.45, 7) is 4.87. The first-order chi connectivity index (χ1) is 18.8. The van der Waals surface area contributed by atoms with Gasteiger partial charge in [0.25, 0.3) is 0 Å². The number of ether oxygens (including phenoxy) is 2. The lowest BCUT2D eigenvalue weighted by Gasteiger charge is -2.36. The lowest BCUT2D eigenvalue weighted by atomic mass is 10.1. The van der Waals surface area contributed by atoms with E-state index in [4.69, 9.17) is 19.7 Å². The van der Waals surface area contributed by atoms with Gasteiger partial charge in [-0.3, -0.25) is 29.1 Å². The number of amides is 2. The summed E-state index contributed by atoms with van der Waals surface area (Å²) in [5.41, 5.74) is 0. The molecule has 0 aliphatic heterocycles. The van der Waals surface area contributed by atoms with Crippen LogP contribution in [0.15, 0.2) is 0 Å². The molecule has 39 heavy (non-hydrogen) atoms. The van der Waals surface area contributed by atoms with Crippen molar-refractivity contribution in [3.8, 4) is 0 Å². The Morgan fingerprint density at radius 1 is 0.692 bits per heavy atom. The molecule has 0 heterocycles. The van der Waals surface area contributed by atoms with Gasteiger partial charge in [-0.1, -0.05) is 13.8 Å². The zero-order valence-electron chi connectivity index (χ0n) is 23.3. The van der Waals surface area contributed by atoms with Gasteiger partial charge in [0.2, 0.25) is 11.8 Å². The highest BCUT2D eigenvalue weighted by Gasteiger charge is 2.27. The number of aliphatic hydroxyl groups is 4. The fourth-order valence-corrected chi connectivity index (χ4v) is 3.91. The van der Waals surface area contributed by atoms with Gasteiger partial charge < -0.3 is 45.6 Å². The van der Waals surface area contributed by atoms with E-state index in [0.29, 0.717) is 13.1 Å². The maximum absolute atomic E-state index is 12.4. The summed E-state index contributed by atoms with van der Waals surface area (Å²) in [4.78, 5) is 41.4. The smallest absolute Gasteiger partial charge is 0.317 e. The van der Waals surface area contributed by atoms with Crippen molar-refractivity contribution in [1.82, 2.24) is 25.3 Å². The van der Waals surface area contributed by atoms with Crippen LogP contribution < -0.4 is 10.6 Å². The van der Waals surface area contributed by atoms with E-state index < -0.39 is 18.1 Å². The summed E-state index contributed by atoms with van der Waals surface area (Å²) < 4.78 is 10.2. The third-order valence-corrected chi connectivity index (χ3v) is 5.87. The van der Waals surface area contributed by atoms with E-state index in [1.807, 2.05) is 13.8 Å². The molecular formula is C24H49N5O10. The molecule has 15 nitrogen and oxygen atoms in total. The summed E-state index contributed by atoms with van der Waals surface area (Å²) in [7, 11) is 0. The van der Waals surface area contributed by atoms with Crippen LogP contribution >= 0.6 is 0 Å². The fraction of sp³-hybridized carbons (Fsp3) is 0.875. The molecule has 0 aromatic carbocycles. The van der Waals surface area contributed by atoms with Crippen molar-refractivity contribution in [2.24, 2.45) is 0 Å². The second kappa shape index (κ2) is 23.9. The third kappa shape index (κ3) is 18.1. The molecule has 0 fully saturated rings. The lowest BCUT2D eigenvalue weighted by molar-refractivity contribution is -0.139. The van der Waals surface area contributed by atoms with Crippen molar-refractivity contribution in [3.05, 3.63) is 0 Å². The Morgan fingerprint density at radius 3 is 1.41 bits per heavy atom. The molecular weight excluding hydrogens is 518 g/mol. The molecule has 0 radical (unpaired) electrons. The predicted octanol–water partition coefficient (Wildman–Crippen LogP) is -4.01. The SMILES string of the molecule is CCN(CC(=O)NCCOCCO)C(CO)CN(CC(=O)O)CC(CO)N(CC)CC(=O)NCCOCCO. The molecule has 0 saturated heterocycles. The number of likely N-dealkylation sites (N-methyl/N-ethyl adjacent to an activating group) is 2. The molecule has 0 rings (SSSR count). The number of nitrogens with zero attached hydrogens (tertiary/aromatic N) is 3. The Labute approximate surface area is 230 Å². The third-order valence-electron chi connectivity index (χ3n) is 5.87. The van der Waals surface area contributed by atoms with E-state index in [-0.39, 0.29) is 110 Å². The topological polar surface area (TPSA) is 205 Å². The van der Waals surface area contributed by atoms with E-state index >= 15 is 0 Å². The Hall–Kier alpha value is -1.95. The predicted molar refractivity (Wildman–Crippen MR) is 142 cm³/mol. The largest absolute Gasteiger partial charge is 0.480 e. The number of nitrogens with one attached hydrogen (secondary N) is 2. The molecule has 0 aliphatic carbocycles. The van der Waals surface area contributed by atoms with E-state index in [9.17, 15) is 29.7 Å². The van der Waals surface area contributed by atoms with Crippen molar-refractivity contribution in [1.29, 1.82) is 0 Å². The lowest BCUT2D eigenvalue weighted by Crippen LogP contribution is -2.54. The van der Waals surface area contributed by atoms with Crippen LogP contribution in [0.4, 0.5) is 0 Å². The molecule has 7 N–H and O–H groups in total. The quantitative estimate of drug-likeness (QED) is 0.0498. The molecule has 0 saturated carbocycles. The van der Waals surface area contributed by atoms with Crippen molar-refractivity contribution < 1.29 is 49.4 Å². The van der Waals surface area contributed by atoms with Gasteiger partial charge >= 0.3 is 5.97 Å². The summed E-state index contributed by atoms with van der Waals surface area (Å²) in [5.74, 6) is -1.66. The average Bonchev–Trinajstić information content (AvgIpc) is 2.91. The van der Waals surface area contributed by atoms with Gasteiger partial charge in [-0.15, -0.1) is 0 Å². The number of carbonyl (C=O) groups excluding carboxylic acids is 2. The van der Waals surface area contributed by atoms with Crippen LogP contribution in [0.1, 0.15) is 13.8 Å². The standard InChI is InChI=1S/C24H49N5O10/c1-3-28(15-22(34)25-5-9-38-11-7-30)20(18-32)13-27(17-24(36)37)14-21(19-33)29(4-2)16-23(35)26-6-10-39-12-8-31/h20-21,30-33H,3-19H2,1-2H3,(H,25,34)(H,26,35)(H,36,37). The zero-order valence-corrected chi connectivity index (χ0v) is 23.3. The first-order valence-electron chi connectivity index (χ1n) is 13.3. The normalized spacial score (nSPS) is 13.2. The van der Waals surface area contributed by atoms with E-state index in [2.05, 4.69) is 10.6 Å². The minimum Gasteiger partial charge on any atom is -0.480 e. The fourth-order valence-electron chi connectivity index (χ4n) is 3.91. The van der Waals surface area contributed by atoms with Crippen molar-refractivity contribution in [2.75, 3.05) is 112 Å². The molecule has 0 aromatic rings. The number of aliphatic carboxylic acids is 1. The zero-order chi connectivity index (χ0) is 29.5. The van der Waals surface area contributed by atoms with Crippen molar-refractivity contribution in [3.63, 3.8) is 0 Å². The highest BCUT2D eigenvalue weighted by Crippen LogP contribution is 2.08. The highest BCUT2D eigenvalue weighted by atomic mass is 16.5. The van der Waals surface area contributed by atoms with Gasteiger partial charge in [-0.2, -0.15) is 0 Å². The average molecular weight is 568 g/mol. The second-order valence-corrected chi connectivity index (χ2v) is 8.76. The molecule has 0 aliphatic rings. The Balaban J connectivity index is 5.15. The molecule has 0 spiro atoms. The number of rotatable bonds is 26. The number of hydrogen-bond donors (Lipinski definition) is 7. The van der Waals surface area contributed by atoms with Crippen LogP contribution in [-0.2, 0) is 23.9 Å². The van der Waals surface area contributed by atoms with Gasteiger partial charge in [0.05, 0.1) is 72.5 Å². The van der Waals surface area contributed by atoms with Crippen LogP contribution in [-0.4, -0.2) is 182 Å². The van der Waals surface area contributed by atoms with Crippen LogP contribution in [0, 0.1) is 0 Å². The Kier molecular flexibility index (Phi) is 22.7. The van der Waals surface area contributed by atoms with Crippen LogP contribution in [0.3, 0.4) is 0 Å². The van der Waals surface area contributed by atoms with Crippen molar-refractivity contribution >= 4 is 17.8 Å². The molecule has 2 atom stereocenters. The minimum atomic E-state index is -1.09. The van der Waals surface area contributed by atoms with Gasteiger partial charge in [-0.05, 0) is 13.1 Å². The minimum absolute atomic E-state index is 0.0185. The number of aliphatic hydroxyl groups excluding tert-OH is 4. The van der Waals surface area contributed by atoms with Gasteiger partial charge in [0.1, 0.15) is 0 Å². The molecule has 15 heteroatoms. The maximum atomic E-state index is 12.4. The van der Waals surface area contributed by atoms with Crippen molar-refractivity contribution in [2.45, 2.75) is 25.9 Å². The van der Waals surface area contributed by atoms with Crippen LogP contribution in [0.2, 0.25) is 0 Å². The maximum Gasteiger partial charge on any atom is 0.317 e. The number of carboxylic acid groups (broad SMARTS) is 1. The second-order valence-electron chi connectivity index (χ2n) is 8.76. The van der Waals surface area contributed by atoms with E-state index in [1.54, 1.807) is 14.7 Å². The number of carbonyl (C=O) groups is 3. The Morgan fingerprint density at radius 2 is 1.10 bits per heavy atom. The summed E-state index contributed by atoms with van der Waals surface area (Å²) in [5, 5.41) is 52.5. The van der Waals surface area contributed by atoms with Gasteiger partial charge in [0.15, 0.2) is 0 Å². The molecule has 2 unspecified atom stereocenters. The Bertz CT molecular complexity index is 615. The van der Waals surface area contributed by atoms with Crippen LogP contribution in [0.5, 0.6) is 0 Å². The van der Waals surface area contributed by atoms with Gasteiger partial charge in [-0.25, -0.2) is 0 Å². The summed E-state index contributed by atoms with van der Waals surface area (Å²) in [6, 6.07) is -1.11. The monoisotopic (exact) mass is 567 g/mol. The molecule has 0 aromatic heterocycles.